The SMILES string of the molecule is CCC(C)Cn1nc2c(cc1=O)NCCC2. The molecule has 4 nitrogen and oxygen atoms in total. The van der Waals surface area contributed by atoms with Crippen molar-refractivity contribution in [1.82, 2.24) is 9.78 Å². The second kappa shape index (κ2) is 4.68. The van der Waals surface area contributed by atoms with Crippen molar-refractivity contribution in [2.24, 2.45) is 5.92 Å². The number of aryl methyl sites for hydroxylation is 1. The summed E-state index contributed by atoms with van der Waals surface area (Å²) in [6.45, 7) is 5.95. The molecule has 0 bridgehead atoms. The number of hydrogen-bond donors (Lipinski definition) is 1. The van der Waals surface area contributed by atoms with Crippen LogP contribution in [0, 0.1) is 5.92 Å². The molecular weight excluding hydrogens is 202 g/mol. The van der Waals surface area contributed by atoms with E-state index >= 15 is 0 Å². The fourth-order valence-electron chi connectivity index (χ4n) is 1.90. The van der Waals surface area contributed by atoms with Crippen LogP contribution < -0.4 is 10.9 Å². The van der Waals surface area contributed by atoms with Gasteiger partial charge in [-0.05, 0) is 18.8 Å². The van der Waals surface area contributed by atoms with E-state index in [0.717, 1.165) is 43.7 Å². The smallest absolute Gasteiger partial charge is 0.268 e. The molecule has 0 fully saturated rings. The third-order valence-corrected chi connectivity index (χ3v) is 3.16. The van der Waals surface area contributed by atoms with Crippen LogP contribution in [0.15, 0.2) is 10.9 Å². The minimum Gasteiger partial charge on any atom is -0.383 e. The van der Waals surface area contributed by atoms with Gasteiger partial charge in [-0.3, -0.25) is 4.79 Å². The highest BCUT2D eigenvalue weighted by Crippen LogP contribution is 2.16. The highest BCUT2D eigenvalue weighted by molar-refractivity contribution is 5.48. The van der Waals surface area contributed by atoms with E-state index in [0.29, 0.717) is 5.92 Å². The van der Waals surface area contributed by atoms with Crippen molar-refractivity contribution in [3.05, 3.63) is 22.1 Å². The Bertz CT molecular complexity index is 425. The predicted octanol–water partition coefficient (Wildman–Crippen LogP) is 1.65. The first kappa shape index (κ1) is 11.2. The van der Waals surface area contributed by atoms with Crippen LogP contribution in [0.4, 0.5) is 5.69 Å². The quantitative estimate of drug-likeness (QED) is 0.844. The van der Waals surface area contributed by atoms with E-state index < -0.39 is 0 Å². The van der Waals surface area contributed by atoms with Crippen LogP contribution >= 0.6 is 0 Å². The summed E-state index contributed by atoms with van der Waals surface area (Å²) in [6, 6.07) is 1.68. The minimum absolute atomic E-state index is 0.00782. The van der Waals surface area contributed by atoms with Crippen molar-refractivity contribution in [3.63, 3.8) is 0 Å². The van der Waals surface area contributed by atoms with Gasteiger partial charge in [0.05, 0.1) is 11.4 Å². The topological polar surface area (TPSA) is 46.9 Å². The molecular formula is C12H19N3O. The van der Waals surface area contributed by atoms with Gasteiger partial charge in [-0.25, -0.2) is 4.68 Å². The zero-order chi connectivity index (χ0) is 11.5. The van der Waals surface area contributed by atoms with Gasteiger partial charge in [-0.2, -0.15) is 5.10 Å². The Kier molecular flexibility index (Phi) is 3.27. The number of nitrogens with one attached hydrogen (secondary N) is 1. The highest BCUT2D eigenvalue weighted by atomic mass is 16.1. The average molecular weight is 221 g/mol. The largest absolute Gasteiger partial charge is 0.383 e. The fraction of sp³-hybridized carbons (Fsp3) is 0.667. The molecule has 0 spiro atoms. The molecule has 2 rings (SSSR count). The maximum absolute atomic E-state index is 11.8. The molecule has 16 heavy (non-hydrogen) atoms. The van der Waals surface area contributed by atoms with Crippen LogP contribution in [0.2, 0.25) is 0 Å². The molecule has 1 aromatic rings. The van der Waals surface area contributed by atoms with E-state index in [4.69, 9.17) is 0 Å². The lowest BCUT2D eigenvalue weighted by Gasteiger charge is -2.18. The minimum atomic E-state index is 0.00782. The van der Waals surface area contributed by atoms with Crippen LogP contribution in [0.5, 0.6) is 0 Å². The predicted molar refractivity (Wildman–Crippen MR) is 64.8 cm³/mol. The van der Waals surface area contributed by atoms with Crippen LogP contribution in [0.1, 0.15) is 32.4 Å². The van der Waals surface area contributed by atoms with E-state index in [9.17, 15) is 4.79 Å². The van der Waals surface area contributed by atoms with Crippen molar-refractivity contribution < 1.29 is 0 Å². The maximum atomic E-state index is 11.8. The summed E-state index contributed by atoms with van der Waals surface area (Å²) in [4.78, 5) is 11.8. The Balaban J connectivity index is 2.29. The number of hydrogen-bond acceptors (Lipinski definition) is 3. The van der Waals surface area contributed by atoms with Gasteiger partial charge in [0.15, 0.2) is 0 Å². The lowest BCUT2D eigenvalue weighted by Crippen LogP contribution is -2.29. The first-order chi connectivity index (χ1) is 7.70. The van der Waals surface area contributed by atoms with E-state index in [-0.39, 0.29) is 5.56 Å². The van der Waals surface area contributed by atoms with Crippen LogP contribution in [0.3, 0.4) is 0 Å². The Hall–Kier alpha value is -1.32. The summed E-state index contributed by atoms with van der Waals surface area (Å²) in [6.07, 6.45) is 3.15. The van der Waals surface area contributed by atoms with Crippen LogP contribution in [-0.4, -0.2) is 16.3 Å². The lowest BCUT2D eigenvalue weighted by atomic mass is 10.1. The Morgan fingerprint density at radius 2 is 2.44 bits per heavy atom. The number of anilines is 1. The normalized spacial score (nSPS) is 16.4. The number of nitrogens with zero attached hydrogens (tertiary/aromatic N) is 2. The molecule has 0 amide bonds. The molecule has 0 aromatic carbocycles. The molecule has 1 atom stereocenters. The molecule has 0 aliphatic carbocycles. The first-order valence-electron chi connectivity index (χ1n) is 6.05. The van der Waals surface area contributed by atoms with Crippen molar-refractivity contribution in [3.8, 4) is 0 Å². The second-order valence-electron chi connectivity index (χ2n) is 4.57. The summed E-state index contributed by atoms with van der Waals surface area (Å²) in [5.74, 6) is 0.500. The Morgan fingerprint density at radius 3 is 3.19 bits per heavy atom. The zero-order valence-electron chi connectivity index (χ0n) is 9.99. The van der Waals surface area contributed by atoms with E-state index in [1.54, 1.807) is 10.7 Å². The third kappa shape index (κ3) is 2.26. The molecule has 4 heteroatoms. The van der Waals surface area contributed by atoms with E-state index in [1.165, 1.54) is 0 Å². The summed E-state index contributed by atoms with van der Waals surface area (Å²) in [5.41, 5.74) is 1.97. The van der Waals surface area contributed by atoms with Gasteiger partial charge in [0.2, 0.25) is 0 Å². The molecule has 0 saturated heterocycles. The molecule has 1 aromatic heterocycles. The average Bonchev–Trinajstić information content (AvgIpc) is 2.30. The van der Waals surface area contributed by atoms with E-state index in [2.05, 4.69) is 24.3 Å². The monoisotopic (exact) mass is 221 g/mol. The molecule has 1 unspecified atom stereocenters. The number of rotatable bonds is 3. The first-order valence-corrected chi connectivity index (χ1v) is 6.05. The summed E-state index contributed by atoms with van der Waals surface area (Å²) < 4.78 is 1.61. The molecule has 1 aliphatic rings. The maximum Gasteiger partial charge on any atom is 0.268 e. The van der Waals surface area contributed by atoms with Gasteiger partial charge < -0.3 is 5.32 Å². The van der Waals surface area contributed by atoms with Gasteiger partial charge in [-0.15, -0.1) is 0 Å². The van der Waals surface area contributed by atoms with Gasteiger partial charge in [0.1, 0.15) is 0 Å². The number of fused-ring (bicyclic) bond motifs is 1. The molecule has 0 radical (unpaired) electrons. The molecule has 88 valence electrons. The summed E-state index contributed by atoms with van der Waals surface area (Å²) in [5, 5.41) is 7.66. The molecule has 1 N–H and O–H groups in total. The Morgan fingerprint density at radius 1 is 1.62 bits per heavy atom. The number of aromatic nitrogens is 2. The van der Waals surface area contributed by atoms with Crippen molar-refractivity contribution in [1.29, 1.82) is 0 Å². The summed E-state index contributed by atoms with van der Waals surface area (Å²) in [7, 11) is 0. The van der Waals surface area contributed by atoms with Gasteiger partial charge in [-0.1, -0.05) is 20.3 Å². The van der Waals surface area contributed by atoms with Crippen molar-refractivity contribution in [2.75, 3.05) is 11.9 Å². The van der Waals surface area contributed by atoms with Crippen LogP contribution in [0.25, 0.3) is 0 Å². The summed E-state index contributed by atoms with van der Waals surface area (Å²) >= 11 is 0. The second-order valence-corrected chi connectivity index (χ2v) is 4.57. The molecule has 1 aliphatic heterocycles. The Labute approximate surface area is 95.7 Å². The fourth-order valence-corrected chi connectivity index (χ4v) is 1.90. The molecule has 0 saturated carbocycles. The van der Waals surface area contributed by atoms with Gasteiger partial charge in [0, 0.05) is 19.2 Å². The highest BCUT2D eigenvalue weighted by Gasteiger charge is 2.13. The van der Waals surface area contributed by atoms with Gasteiger partial charge >= 0.3 is 0 Å². The van der Waals surface area contributed by atoms with Crippen molar-refractivity contribution in [2.45, 2.75) is 39.7 Å². The van der Waals surface area contributed by atoms with E-state index in [1.807, 2.05) is 0 Å². The third-order valence-electron chi connectivity index (χ3n) is 3.16. The zero-order valence-corrected chi connectivity index (χ0v) is 9.99. The van der Waals surface area contributed by atoms with Crippen molar-refractivity contribution >= 4 is 5.69 Å². The standard InChI is InChI=1S/C12H19N3O/c1-3-9(2)8-15-12(16)7-11-10(14-15)5-4-6-13-11/h7,9,13H,3-6,8H2,1-2H3. The van der Waals surface area contributed by atoms with Gasteiger partial charge in [0.25, 0.3) is 5.56 Å². The molecule has 2 heterocycles. The van der Waals surface area contributed by atoms with Crippen LogP contribution in [-0.2, 0) is 13.0 Å². The lowest BCUT2D eigenvalue weighted by molar-refractivity contribution is 0.419.